The molecule has 174 valence electrons. The van der Waals surface area contributed by atoms with Gasteiger partial charge in [-0.3, -0.25) is 10.1 Å². The van der Waals surface area contributed by atoms with Crippen LogP contribution in [0.5, 0.6) is 0 Å². The maximum atomic E-state index is 12.4. The summed E-state index contributed by atoms with van der Waals surface area (Å²) in [4.78, 5) is 38.5. The molecule has 1 amide bonds. The maximum absolute atomic E-state index is 12.4. The number of ether oxygens (including phenoxy) is 1. The summed E-state index contributed by atoms with van der Waals surface area (Å²) in [5, 5.41) is 23.1. The van der Waals surface area contributed by atoms with E-state index in [0.29, 0.717) is 0 Å². The number of benzene rings is 2. The Bertz CT molecular complexity index is 1190. The highest BCUT2D eigenvalue weighted by Gasteiger charge is 2.30. The normalized spacial score (nSPS) is 12.9. The number of carbonyl (C=O) groups is 2. The first kappa shape index (κ1) is 23.6. The van der Waals surface area contributed by atoms with E-state index in [0.717, 1.165) is 43.8 Å². The molecule has 0 fully saturated rings. The third-order valence-electron chi connectivity index (χ3n) is 5.25. The molecule has 2 N–H and O–H groups in total. The van der Waals surface area contributed by atoms with Crippen molar-refractivity contribution < 1.29 is 24.4 Å². The van der Waals surface area contributed by atoms with E-state index in [1.54, 1.807) is 0 Å². The van der Waals surface area contributed by atoms with Gasteiger partial charge in [-0.2, -0.15) is 0 Å². The largest absolute Gasteiger partial charge is 0.480 e. The summed E-state index contributed by atoms with van der Waals surface area (Å²) in [6.45, 7) is 0.0637. The van der Waals surface area contributed by atoms with E-state index in [2.05, 4.69) is 10.3 Å². The third-order valence-corrected chi connectivity index (χ3v) is 7.55. The van der Waals surface area contributed by atoms with Crippen molar-refractivity contribution >= 4 is 39.3 Å². The lowest BCUT2D eigenvalue weighted by Gasteiger charge is -2.17. The van der Waals surface area contributed by atoms with Gasteiger partial charge in [-0.1, -0.05) is 59.3 Å². The molecule has 9 nitrogen and oxygen atoms in total. The van der Waals surface area contributed by atoms with Crippen molar-refractivity contribution in [3.63, 3.8) is 0 Å². The molecule has 34 heavy (non-hydrogen) atoms. The number of fused-ring (bicyclic) bond motifs is 3. The fourth-order valence-corrected chi connectivity index (χ4v) is 5.91. The maximum Gasteiger partial charge on any atom is 0.407 e. The molecule has 0 aliphatic heterocycles. The Morgan fingerprint density at radius 1 is 1.09 bits per heavy atom. The van der Waals surface area contributed by atoms with E-state index >= 15 is 0 Å². The Hall–Kier alpha value is -3.57. The Morgan fingerprint density at radius 3 is 2.35 bits per heavy atom. The summed E-state index contributed by atoms with van der Waals surface area (Å²) in [5.74, 6) is -1.43. The average Bonchev–Trinajstić information content (AvgIpc) is 3.16. The number of hydrogen-bond donors (Lipinski definition) is 2. The first-order valence-electron chi connectivity index (χ1n) is 10.2. The van der Waals surface area contributed by atoms with E-state index < -0.39 is 23.0 Å². The molecule has 3 aromatic rings. The molecule has 1 atom stereocenters. The van der Waals surface area contributed by atoms with Gasteiger partial charge in [-0.25, -0.2) is 14.6 Å². The van der Waals surface area contributed by atoms with Crippen molar-refractivity contribution in [2.24, 2.45) is 0 Å². The SMILES string of the molecule is O=C(N[C@H](CSSc1ncccc1[N+](=O)[O-])C(=O)O)OCC1c2ccccc2-c2ccccc21. The molecule has 0 radical (unpaired) electrons. The van der Waals surface area contributed by atoms with Crippen LogP contribution in [0.15, 0.2) is 71.9 Å². The van der Waals surface area contributed by atoms with E-state index in [1.165, 1.54) is 18.3 Å². The summed E-state index contributed by atoms with van der Waals surface area (Å²) in [6, 6.07) is 17.3. The van der Waals surface area contributed by atoms with Crippen LogP contribution in [-0.2, 0) is 9.53 Å². The van der Waals surface area contributed by atoms with Crippen LogP contribution >= 0.6 is 21.6 Å². The van der Waals surface area contributed by atoms with Crippen molar-refractivity contribution in [2.75, 3.05) is 12.4 Å². The van der Waals surface area contributed by atoms with Crippen LogP contribution < -0.4 is 5.32 Å². The molecule has 0 unspecified atom stereocenters. The number of aliphatic carboxylic acids is 1. The molecule has 1 aliphatic carbocycles. The highest BCUT2D eigenvalue weighted by molar-refractivity contribution is 8.76. The van der Waals surface area contributed by atoms with Crippen LogP contribution in [0.25, 0.3) is 11.1 Å². The number of aromatic nitrogens is 1. The number of nitrogens with zero attached hydrogens (tertiary/aromatic N) is 2. The predicted molar refractivity (Wildman–Crippen MR) is 129 cm³/mol. The van der Waals surface area contributed by atoms with Gasteiger partial charge < -0.3 is 15.2 Å². The second-order valence-electron chi connectivity index (χ2n) is 7.31. The number of amides is 1. The minimum atomic E-state index is -1.24. The number of carboxylic acid groups (broad SMARTS) is 1. The molecule has 0 bridgehead atoms. The summed E-state index contributed by atoms with van der Waals surface area (Å²) in [6.07, 6.45) is 0.572. The standard InChI is InChI=1S/C23H19N3O6S2/c27-22(28)19(13-33-34-21-20(26(30)31)10-5-11-24-21)25-23(29)32-12-18-16-8-3-1-6-14(16)15-7-2-4-9-17(15)18/h1-11,18-19H,12-13H2,(H,25,29)(H,27,28)/t19-/m1/s1. The summed E-state index contributed by atoms with van der Waals surface area (Å²) in [7, 11) is 2.01. The van der Waals surface area contributed by atoms with Crippen molar-refractivity contribution in [1.82, 2.24) is 10.3 Å². The number of hydrogen-bond acceptors (Lipinski definition) is 8. The molecule has 0 saturated heterocycles. The van der Waals surface area contributed by atoms with Gasteiger partial charge in [-0.15, -0.1) is 0 Å². The number of carboxylic acids is 1. The Kier molecular flexibility index (Phi) is 7.33. The molecule has 4 rings (SSSR count). The highest BCUT2D eigenvalue weighted by Crippen LogP contribution is 2.44. The molecule has 2 aromatic carbocycles. The lowest BCUT2D eigenvalue weighted by Crippen LogP contribution is -2.43. The fourth-order valence-electron chi connectivity index (χ4n) is 3.70. The van der Waals surface area contributed by atoms with Gasteiger partial charge in [0.1, 0.15) is 12.6 Å². The number of nitro groups is 1. The third kappa shape index (κ3) is 5.15. The number of rotatable bonds is 9. The first-order valence-corrected chi connectivity index (χ1v) is 12.5. The second kappa shape index (κ2) is 10.6. The van der Waals surface area contributed by atoms with Crippen LogP contribution in [0.1, 0.15) is 17.0 Å². The van der Waals surface area contributed by atoms with Crippen LogP contribution in [0.4, 0.5) is 10.5 Å². The van der Waals surface area contributed by atoms with E-state index in [-0.39, 0.29) is 29.0 Å². The minimum absolute atomic E-state index is 0.0437. The van der Waals surface area contributed by atoms with Gasteiger partial charge >= 0.3 is 17.7 Å². The average molecular weight is 498 g/mol. The minimum Gasteiger partial charge on any atom is -0.480 e. The van der Waals surface area contributed by atoms with Gasteiger partial charge in [0, 0.05) is 23.9 Å². The van der Waals surface area contributed by atoms with E-state index in [9.17, 15) is 24.8 Å². The lowest BCUT2D eigenvalue weighted by atomic mass is 9.98. The van der Waals surface area contributed by atoms with Gasteiger partial charge in [0.05, 0.1) is 4.92 Å². The van der Waals surface area contributed by atoms with Crippen molar-refractivity contribution in [2.45, 2.75) is 17.0 Å². The van der Waals surface area contributed by atoms with Gasteiger partial charge in [-0.05, 0) is 39.1 Å². The van der Waals surface area contributed by atoms with E-state index in [4.69, 9.17) is 4.74 Å². The summed E-state index contributed by atoms with van der Waals surface area (Å²) in [5.41, 5.74) is 4.11. The molecule has 1 aliphatic rings. The zero-order valence-electron chi connectivity index (χ0n) is 17.6. The summed E-state index contributed by atoms with van der Waals surface area (Å²) < 4.78 is 5.40. The van der Waals surface area contributed by atoms with Crippen LogP contribution in [0.3, 0.4) is 0 Å². The van der Waals surface area contributed by atoms with Crippen molar-refractivity contribution in [1.29, 1.82) is 0 Å². The molecule has 0 saturated carbocycles. The summed E-state index contributed by atoms with van der Waals surface area (Å²) >= 11 is 0. The number of nitrogens with one attached hydrogen (secondary N) is 1. The second-order valence-corrected chi connectivity index (χ2v) is 9.64. The number of carbonyl (C=O) groups excluding carboxylic acids is 1. The predicted octanol–water partition coefficient (Wildman–Crippen LogP) is 4.72. The Morgan fingerprint density at radius 2 is 1.74 bits per heavy atom. The van der Waals surface area contributed by atoms with Gasteiger partial charge in [0.25, 0.3) is 0 Å². The molecule has 11 heteroatoms. The van der Waals surface area contributed by atoms with Crippen molar-refractivity contribution in [3.05, 3.63) is 88.1 Å². The monoisotopic (exact) mass is 497 g/mol. The van der Waals surface area contributed by atoms with Crippen LogP contribution in [-0.4, -0.2) is 45.5 Å². The lowest BCUT2D eigenvalue weighted by molar-refractivity contribution is -0.388. The molecular formula is C23H19N3O6S2. The van der Waals surface area contributed by atoms with Crippen molar-refractivity contribution in [3.8, 4) is 11.1 Å². The zero-order valence-corrected chi connectivity index (χ0v) is 19.3. The topological polar surface area (TPSA) is 132 Å². The number of alkyl carbamates (subject to hydrolysis) is 1. The smallest absolute Gasteiger partial charge is 0.407 e. The van der Waals surface area contributed by atoms with Crippen LogP contribution in [0, 0.1) is 10.1 Å². The molecule has 1 aromatic heterocycles. The Balaban J connectivity index is 1.34. The quantitative estimate of drug-likeness (QED) is 0.245. The highest BCUT2D eigenvalue weighted by atomic mass is 33.1. The van der Waals surface area contributed by atoms with Gasteiger partial charge in [0.2, 0.25) is 0 Å². The van der Waals surface area contributed by atoms with Gasteiger partial charge in [0.15, 0.2) is 5.03 Å². The number of pyridine rings is 1. The molecule has 1 heterocycles. The van der Waals surface area contributed by atoms with E-state index in [1.807, 2.05) is 48.5 Å². The fraction of sp³-hybridized carbons (Fsp3) is 0.174. The zero-order chi connectivity index (χ0) is 24.1. The van der Waals surface area contributed by atoms with Crippen LogP contribution in [0.2, 0.25) is 0 Å². The first-order chi connectivity index (χ1) is 16.5. The molecule has 0 spiro atoms. The Labute approximate surface area is 202 Å². The molecular weight excluding hydrogens is 478 g/mol.